The molecule has 0 saturated carbocycles. The molecule has 0 radical (unpaired) electrons. The predicted molar refractivity (Wildman–Crippen MR) is 296 cm³/mol. The van der Waals surface area contributed by atoms with Crippen LogP contribution < -0.4 is 0 Å². The van der Waals surface area contributed by atoms with Gasteiger partial charge >= 0.3 is 17.9 Å². The van der Waals surface area contributed by atoms with E-state index in [0.29, 0.717) is 25.7 Å². The highest BCUT2D eigenvalue weighted by molar-refractivity contribution is 5.67. The molecule has 0 aliphatic carbocycles. The van der Waals surface area contributed by atoms with E-state index in [0.717, 1.165) is 38.5 Å². The standard InChI is InChI=1S/3C18H36O2.C6H14O3/c3*1-2-3-4-5-6-7-8-9-10-11-12-13-14-15-16-17-18(19)20;1-2-6(3-7,4-8)5-9/h3*2-17H2,1H3,(H,19,20);7-9H,2-5H2,1H3. The Balaban J connectivity index is -0.000000421. The van der Waals surface area contributed by atoms with Crippen molar-refractivity contribution in [1.82, 2.24) is 0 Å². The smallest absolute Gasteiger partial charge is 0.303 e. The van der Waals surface area contributed by atoms with E-state index in [1.807, 2.05) is 6.92 Å². The Morgan fingerprint density at radius 3 is 0.464 bits per heavy atom. The number of carboxylic acids is 3. The number of carboxylic acid groups (broad SMARTS) is 3. The minimum atomic E-state index is -0.667. The van der Waals surface area contributed by atoms with Crippen LogP contribution in [0.25, 0.3) is 0 Å². The monoisotopic (exact) mass is 987 g/mol. The molecule has 0 unspecified atom stereocenters. The Kier molecular flexibility index (Phi) is 70.9. The number of rotatable bonds is 52. The van der Waals surface area contributed by atoms with Crippen LogP contribution in [-0.2, 0) is 14.4 Å². The van der Waals surface area contributed by atoms with Crippen molar-refractivity contribution in [3.63, 3.8) is 0 Å². The van der Waals surface area contributed by atoms with Crippen LogP contribution in [0.5, 0.6) is 0 Å². The number of hydrogen-bond donors (Lipinski definition) is 6. The third-order valence-electron chi connectivity index (χ3n) is 13.7. The molecule has 0 aromatic carbocycles. The van der Waals surface area contributed by atoms with Crippen LogP contribution in [0, 0.1) is 5.41 Å². The lowest BCUT2D eigenvalue weighted by molar-refractivity contribution is -0.138. The highest BCUT2D eigenvalue weighted by Gasteiger charge is 2.25. The van der Waals surface area contributed by atoms with Crippen molar-refractivity contribution in [3.8, 4) is 0 Å². The summed E-state index contributed by atoms with van der Waals surface area (Å²) in [6.45, 7) is 8.16. The molecule has 0 aromatic heterocycles. The topological polar surface area (TPSA) is 173 Å². The SMILES string of the molecule is CCC(CO)(CO)CO.CCCCCCCCCCCCCCCCCC(=O)O.CCCCCCCCCCCCCCCCCC(=O)O.CCCCCCCCCCCCCCCCCC(=O)O. The first-order valence-corrected chi connectivity index (χ1v) is 30.0. The number of unbranched alkanes of at least 4 members (excludes halogenated alkanes) is 42. The van der Waals surface area contributed by atoms with Gasteiger partial charge in [-0.15, -0.1) is 0 Å². The molecule has 6 N–H and O–H groups in total. The second-order valence-electron chi connectivity index (χ2n) is 20.6. The molecule has 416 valence electrons. The number of hydrogen-bond acceptors (Lipinski definition) is 6. The Bertz CT molecular complexity index is 848. The number of aliphatic hydroxyl groups is 3. The van der Waals surface area contributed by atoms with Crippen molar-refractivity contribution in [2.45, 2.75) is 342 Å². The lowest BCUT2D eigenvalue weighted by Gasteiger charge is -2.24. The lowest BCUT2D eigenvalue weighted by atomic mass is 9.88. The van der Waals surface area contributed by atoms with Gasteiger partial charge in [0.25, 0.3) is 0 Å². The highest BCUT2D eigenvalue weighted by atomic mass is 16.4. The van der Waals surface area contributed by atoms with Crippen LogP contribution in [0.15, 0.2) is 0 Å². The number of aliphatic hydroxyl groups excluding tert-OH is 3. The van der Waals surface area contributed by atoms with E-state index in [4.69, 9.17) is 30.6 Å². The molecule has 0 atom stereocenters. The van der Waals surface area contributed by atoms with Crippen LogP contribution in [0.3, 0.4) is 0 Å². The summed E-state index contributed by atoms with van der Waals surface area (Å²) in [6.07, 6.45) is 61.2. The summed E-state index contributed by atoms with van der Waals surface area (Å²) in [4.78, 5) is 31.0. The van der Waals surface area contributed by atoms with Gasteiger partial charge in [0.05, 0.1) is 19.8 Å². The van der Waals surface area contributed by atoms with Gasteiger partial charge in [-0.1, -0.05) is 297 Å². The molecule has 69 heavy (non-hydrogen) atoms. The molecule has 0 fully saturated rings. The molecular formula is C60H122O9. The van der Waals surface area contributed by atoms with Crippen LogP contribution in [0.2, 0.25) is 0 Å². The van der Waals surface area contributed by atoms with Crippen LogP contribution >= 0.6 is 0 Å². The zero-order valence-corrected chi connectivity index (χ0v) is 46.7. The largest absolute Gasteiger partial charge is 0.481 e. The molecule has 0 aromatic rings. The summed E-state index contributed by atoms with van der Waals surface area (Å²) >= 11 is 0. The second-order valence-corrected chi connectivity index (χ2v) is 20.6. The van der Waals surface area contributed by atoms with Gasteiger partial charge in [-0.25, -0.2) is 0 Å². The fourth-order valence-electron chi connectivity index (χ4n) is 8.43. The van der Waals surface area contributed by atoms with Gasteiger partial charge < -0.3 is 30.6 Å². The van der Waals surface area contributed by atoms with E-state index in [-0.39, 0.29) is 19.8 Å². The van der Waals surface area contributed by atoms with Gasteiger partial charge in [-0.2, -0.15) is 0 Å². The molecule has 0 aliphatic rings. The fourth-order valence-corrected chi connectivity index (χ4v) is 8.43. The van der Waals surface area contributed by atoms with Gasteiger partial charge in [-0.05, 0) is 25.7 Å². The summed E-state index contributed by atoms with van der Waals surface area (Å²) in [7, 11) is 0. The summed E-state index contributed by atoms with van der Waals surface area (Å²) in [6, 6.07) is 0. The van der Waals surface area contributed by atoms with Crippen molar-refractivity contribution in [3.05, 3.63) is 0 Å². The van der Waals surface area contributed by atoms with E-state index in [1.165, 1.54) is 250 Å². The Hall–Kier alpha value is -1.71. The van der Waals surface area contributed by atoms with E-state index >= 15 is 0 Å². The van der Waals surface area contributed by atoms with Crippen LogP contribution in [0.4, 0.5) is 0 Å². The highest BCUT2D eigenvalue weighted by Crippen LogP contribution is 2.19. The number of aliphatic carboxylic acids is 3. The molecule has 9 heteroatoms. The summed E-state index contributed by atoms with van der Waals surface area (Å²) in [5.41, 5.74) is -0.667. The van der Waals surface area contributed by atoms with Crippen LogP contribution in [0.1, 0.15) is 342 Å². The molecule has 0 spiro atoms. The molecular weight excluding hydrogens is 865 g/mol. The van der Waals surface area contributed by atoms with E-state index in [9.17, 15) is 14.4 Å². The number of carbonyl (C=O) groups is 3. The minimum absolute atomic E-state index is 0.156. The molecule has 0 rings (SSSR count). The van der Waals surface area contributed by atoms with E-state index in [1.54, 1.807) is 0 Å². The molecule has 0 heterocycles. The van der Waals surface area contributed by atoms with Crippen molar-refractivity contribution >= 4 is 17.9 Å². The van der Waals surface area contributed by atoms with Gasteiger partial charge in [0.2, 0.25) is 0 Å². The zero-order chi connectivity index (χ0) is 52.0. The first-order chi connectivity index (χ1) is 33.6. The maximum absolute atomic E-state index is 10.3. The van der Waals surface area contributed by atoms with Crippen LogP contribution in [-0.4, -0.2) is 68.4 Å². The van der Waals surface area contributed by atoms with Crippen molar-refractivity contribution < 1.29 is 45.0 Å². The molecule has 9 nitrogen and oxygen atoms in total. The first-order valence-electron chi connectivity index (χ1n) is 30.0. The summed E-state index contributed by atoms with van der Waals surface area (Å²) in [5.74, 6) is -1.96. The molecule has 0 aliphatic heterocycles. The molecule has 0 bridgehead atoms. The predicted octanol–water partition coefficient (Wildman–Crippen LogP) is 18.4. The van der Waals surface area contributed by atoms with E-state index < -0.39 is 23.3 Å². The molecule has 0 saturated heterocycles. The van der Waals surface area contributed by atoms with Gasteiger partial charge in [0.1, 0.15) is 0 Å². The third-order valence-corrected chi connectivity index (χ3v) is 13.7. The fraction of sp³-hybridized carbons (Fsp3) is 0.950. The summed E-state index contributed by atoms with van der Waals surface area (Å²) < 4.78 is 0. The quantitative estimate of drug-likeness (QED) is 0.0324. The normalized spacial score (nSPS) is 11.0. The average Bonchev–Trinajstić information content (AvgIpc) is 3.34. The Morgan fingerprint density at radius 2 is 0.377 bits per heavy atom. The van der Waals surface area contributed by atoms with E-state index in [2.05, 4.69) is 20.8 Å². The van der Waals surface area contributed by atoms with Crippen molar-refractivity contribution in [2.75, 3.05) is 19.8 Å². The Labute approximate surface area is 429 Å². The zero-order valence-electron chi connectivity index (χ0n) is 46.7. The Morgan fingerprint density at radius 1 is 0.246 bits per heavy atom. The third kappa shape index (κ3) is 72.9. The van der Waals surface area contributed by atoms with Crippen molar-refractivity contribution in [2.24, 2.45) is 5.41 Å². The van der Waals surface area contributed by atoms with Gasteiger partial charge in [-0.3, -0.25) is 14.4 Å². The van der Waals surface area contributed by atoms with Gasteiger partial charge in [0, 0.05) is 24.7 Å². The molecule has 0 amide bonds. The average molecular weight is 988 g/mol. The maximum atomic E-state index is 10.3. The second kappa shape index (κ2) is 66.3. The first kappa shape index (κ1) is 73.8. The van der Waals surface area contributed by atoms with Gasteiger partial charge in [0.15, 0.2) is 0 Å². The minimum Gasteiger partial charge on any atom is -0.481 e. The lowest BCUT2D eigenvalue weighted by Crippen LogP contribution is -2.32. The summed E-state index contributed by atoms with van der Waals surface area (Å²) in [5, 5.41) is 51.5. The maximum Gasteiger partial charge on any atom is 0.303 e. The van der Waals surface area contributed by atoms with Crippen molar-refractivity contribution in [1.29, 1.82) is 0 Å².